The minimum atomic E-state index is -4.02. The Hall–Kier alpha value is -3.06. The lowest BCUT2D eigenvalue weighted by Gasteiger charge is -2.24. The van der Waals surface area contributed by atoms with Crippen molar-refractivity contribution in [3.8, 4) is 0 Å². The molecule has 27 heavy (non-hydrogen) atoms. The van der Waals surface area contributed by atoms with Crippen molar-refractivity contribution in [3.63, 3.8) is 0 Å². The van der Waals surface area contributed by atoms with Gasteiger partial charge in [0.2, 0.25) is 0 Å². The number of hydrogen-bond acceptors (Lipinski definition) is 5. The second kappa shape index (κ2) is 7.67. The summed E-state index contributed by atoms with van der Waals surface area (Å²) < 4.78 is 32.9. The van der Waals surface area contributed by atoms with Crippen LogP contribution in [0.4, 0.5) is 11.4 Å². The third kappa shape index (κ3) is 3.88. The molecule has 0 saturated heterocycles. The van der Waals surface area contributed by atoms with Gasteiger partial charge in [0.25, 0.3) is 10.0 Å². The highest BCUT2D eigenvalue weighted by atomic mass is 32.2. The van der Waals surface area contributed by atoms with Crippen LogP contribution in [-0.2, 0) is 19.6 Å². The molecular formula is C20H20N2O4S. The van der Waals surface area contributed by atoms with Gasteiger partial charge in [0.05, 0.1) is 17.2 Å². The highest BCUT2D eigenvalue weighted by Gasteiger charge is 2.29. The first-order valence-electron chi connectivity index (χ1n) is 8.45. The summed E-state index contributed by atoms with van der Waals surface area (Å²) in [6.45, 7) is 1.41. The Labute approximate surface area is 158 Å². The van der Waals surface area contributed by atoms with Crippen molar-refractivity contribution in [2.45, 2.75) is 11.8 Å². The van der Waals surface area contributed by atoms with Crippen LogP contribution in [-0.4, -0.2) is 27.5 Å². The summed E-state index contributed by atoms with van der Waals surface area (Å²) in [7, 11) is -4.02. The Bertz CT molecular complexity index is 1060. The van der Waals surface area contributed by atoms with Gasteiger partial charge in [-0.1, -0.05) is 36.4 Å². The van der Waals surface area contributed by atoms with Crippen molar-refractivity contribution in [3.05, 3.63) is 66.7 Å². The smallest absolute Gasteiger partial charge is 0.326 e. The number of hydrogen-bond donors (Lipinski definition) is 1. The third-order valence-electron chi connectivity index (χ3n) is 4.08. The van der Waals surface area contributed by atoms with Crippen molar-refractivity contribution in [2.24, 2.45) is 0 Å². The van der Waals surface area contributed by atoms with E-state index < -0.39 is 22.5 Å². The number of esters is 1. The minimum absolute atomic E-state index is 0.127. The second-order valence-corrected chi connectivity index (χ2v) is 7.72. The largest absolute Gasteiger partial charge is 0.465 e. The molecule has 7 heteroatoms. The number of nitrogens with zero attached hydrogens (tertiary/aromatic N) is 1. The fraction of sp³-hybridized carbons (Fsp3) is 0.150. The molecule has 3 rings (SSSR count). The number of nitrogens with two attached hydrogens (primary N) is 1. The van der Waals surface area contributed by atoms with E-state index in [0.29, 0.717) is 16.8 Å². The first-order chi connectivity index (χ1) is 12.9. The molecule has 140 valence electrons. The molecule has 0 heterocycles. The number of carbonyl (C=O) groups is 1. The molecule has 0 atom stereocenters. The van der Waals surface area contributed by atoms with Gasteiger partial charge < -0.3 is 10.5 Å². The zero-order valence-corrected chi connectivity index (χ0v) is 15.6. The van der Waals surface area contributed by atoms with E-state index in [1.165, 1.54) is 6.07 Å². The molecule has 0 amide bonds. The standard InChI is InChI=1S/C20H20N2O4S/c1-2-26-20(23)14-22(17-12-10-16(21)11-13-17)27(24,25)19-9-5-7-15-6-3-4-8-18(15)19/h3-13H,2,14,21H2,1H3. The fourth-order valence-electron chi connectivity index (χ4n) is 2.82. The lowest BCUT2D eigenvalue weighted by Crippen LogP contribution is -2.36. The van der Waals surface area contributed by atoms with E-state index >= 15 is 0 Å². The van der Waals surface area contributed by atoms with Crippen molar-refractivity contribution in [1.82, 2.24) is 0 Å². The van der Waals surface area contributed by atoms with Gasteiger partial charge in [0, 0.05) is 11.1 Å². The monoisotopic (exact) mass is 384 g/mol. The Morgan fingerprint density at radius 3 is 2.37 bits per heavy atom. The summed E-state index contributed by atoms with van der Waals surface area (Å²) in [5, 5.41) is 1.39. The van der Waals surface area contributed by atoms with Crippen LogP contribution >= 0.6 is 0 Å². The number of carbonyl (C=O) groups excluding carboxylic acids is 1. The van der Waals surface area contributed by atoms with E-state index in [1.807, 2.05) is 18.2 Å². The molecule has 2 N–H and O–H groups in total. The zero-order chi connectivity index (χ0) is 19.4. The number of fused-ring (bicyclic) bond motifs is 1. The van der Waals surface area contributed by atoms with Crippen LogP contribution in [0.2, 0.25) is 0 Å². The first-order valence-corrected chi connectivity index (χ1v) is 9.89. The molecule has 3 aromatic carbocycles. The number of anilines is 2. The average Bonchev–Trinajstić information content (AvgIpc) is 2.66. The van der Waals surface area contributed by atoms with Crippen LogP contribution in [0.5, 0.6) is 0 Å². The summed E-state index contributed by atoms with van der Waals surface area (Å²) in [5.74, 6) is -0.627. The van der Waals surface area contributed by atoms with E-state index in [1.54, 1.807) is 49.4 Å². The molecule has 0 saturated carbocycles. The molecule has 3 aromatic rings. The van der Waals surface area contributed by atoms with Crippen molar-refractivity contribution < 1.29 is 17.9 Å². The van der Waals surface area contributed by atoms with E-state index in [4.69, 9.17) is 10.5 Å². The first kappa shape index (κ1) is 18.7. The molecule has 0 bridgehead atoms. The molecule has 0 unspecified atom stereocenters. The highest BCUT2D eigenvalue weighted by Crippen LogP contribution is 2.29. The van der Waals surface area contributed by atoms with Crippen LogP contribution in [0, 0.1) is 0 Å². The molecule has 0 radical (unpaired) electrons. The molecule has 0 aromatic heterocycles. The van der Waals surface area contributed by atoms with Gasteiger partial charge in [-0.3, -0.25) is 9.10 Å². The molecule has 0 spiro atoms. The fourth-order valence-corrected chi connectivity index (χ4v) is 4.45. The summed E-state index contributed by atoms with van der Waals surface area (Å²) in [6, 6.07) is 18.6. The molecule has 6 nitrogen and oxygen atoms in total. The average molecular weight is 384 g/mol. The molecule has 0 aliphatic heterocycles. The lowest BCUT2D eigenvalue weighted by atomic mass is 10.1. The highest BCUT2D eigenvalue weighted by molar-refractivity contribution is 7.93. The maximum absolute atomic E-state index is 13.5. The Morgan fingerprint density at radius 1 is 1.00 bits per heavy atom. The zero-order valence-electron chi connectivity index (χ0n) is 14.8. The SMILES string of the molecule is CCOC(=O)CN(c1ccc(N)cc1)S(=O)(=O)c1cccc2ccccc12. The van der Waals surface area contributed by atoms with Crippen LogP contribution in [0.25, 0.3) is 10.8 Å². The molecule has 0 aliphatic carbocycles. The Kier molecular flexibility index (Phi) is 5.32. The van der Waals surface area contributed by atoms with Gasteiger partial charge >= 0.3 is 5.97 Å². The molecule has 0 fully saturated rings. The third-order valence-corrected chi connectivity index (χ3v) is 5.91. The normalized spacial score (nSPS) is 11.3. The quantitative estimate of drug-likeness (QED) is 0.521. The van der Waals surface area contributed by atoms with Gasteiger partial charge in [-0.15, -0.1) is 0 Å². The predicted octanol–water partition coefficient (Wildman–Crippen LogP) is 3.18. The van der Waals surface area contributed by atoms with E-state index in [-0.39, 0.29) is 11.5 Å². The Morgan fingerprint density at radius 2 is 1.67 bits per heavy atom. The van der Waals surface area contributed by atoms with Crippen LogP contribution in [0.1, 0.15) is 6.92 Å². The predicted molar refractivity (Wildman–Crippen MR) is 106 cm³/mol. The maximum atomic E-state index is 13.5. The topological polar surface area (TPSA) is 89.7 Å². The van der Waals surface area contributed by atoms with Crippen molar-refractivity contribution in [2.75, 3.05) is 23.2 Å². The van der Waals surface area contributed by atoms with Gasteiger partial charge in [0.15, 0.2) is 0 Å². The lowest BCUT2D eigenvalue weighted by molar-refractivity contribution is -0.141. The van der Waals surface area contributed by atoms with Crippen molar-refractivity contribution >= 4 is 38.1 Å². The summed E-state index contributed by atoms with van der Waals surface area (Å²) in [4.78, 5) is 12.2. The van der Waals surface area contributed by atoms with Crippen molar-refractivity contribution in [1.29, 1.82) is 0 Å². The number of sulfonamides is 1. The Balaban J connectivity index is 2.14. The number of ether oxygens (including phenoxy) is 1. The van der Waals surface area contributed by atoms with Gasteiger partial charge in [0.1, 0.15) is 6.54 Å². The number of nitrogen functional groups attached to an aromatic ring is 1. The summed E-state index contributed by atoms with van der Waals surface area (Å²) in [5.41, 5.74) is 6.55. The van der Waals surface area contributed by atoms with Crippen LogP contribution in [0.15, 0.2) is 71.6 Å². The van der Waals surface area contributed by atoms with Gasteiger partial charge in [-0.25, -0.2) is 8.42 Å². The van der Waals surface area contributed by atoms with E-state index in [9.17, 15) is 13.2 Å². The van der Waals surface area contributed by atoms with E-state index in [2.05, 4.69) is 0 Å². The molecular weight excluding hydrogens is 364 g/mol. The van der Waals surface area contributed by atoms with Gasteiger partial charge in [-0.05, 0) is 42.6 Å². The van der Waals surface area contributed by atoms with E-state index in [0.717, 1.165) is 9.69 Å². The van der Waals surface area contributed by atoms with Gasteiger partial charge in [-0.2, -0.15) is 0 Å². The van der Waals surface area contributed by atoms with Crippen LogP contribution in [0.3, 0.4) is 0 Å². The number of rotatable bonds is 6. The molecule has 0 aliphatic rings. The number of benzene rings is 3. The summed E-state index contributed by atoms with van der Waals surface area (Å²) >= 11 is 0. The minimum Gasteiger partial charge on any atom is -0.465 e. The second-order valence-electron chi connectivity index (χ2n) is 5.89. The van der Waals surface area contributed by atoms with Crippen LogP contribution < -0.4 is 10.0 Å². The summed E-state index contributed by atoms with van der Waals surface area (Å²) in [6.07, 6.45) is 0. The maximum Gasteiger partial charge on any atom is 0.326 e.